The predicted octanol–water partition coefficient (Wildman–Crippen LogP) is 4.13. The number of rotatable bonds is 2. The van der Waals surface area contributed by atoms with Gasteiger partial charge in [0.25, 0.3) is 0 Å². The van der Waals surface area contributed by atoms with E-state index in [1.165, 1.54) is 12.1 Å². The maximum absolute atomic E-state index is 12.6. The quantitative estimate of drug-likeness (QED) is 0.773. The van der Waals surface area contributed by atoms with Crippen molar-refractivity contribution in [2.45, 2.75) is 6.18 Å². The maximum Gasteiger partial charge on any atom is 0.416 e. The van der Waals surface area contributed by atoms with Crippen LogP contribution in [0.15, 0.2) is 24.3 Å². The fourth-order valence-electron chi connectivity index (χ4n) is 1.43. The van der Waals surface area contributed by atoms with E-state index < -0.39 is 17.7 Å². The molecule has 0 amide bonds. The van der Waals surface area contributed by atoms with Gasteiger partial charge in [-0.3, -0.25) is 0 Å². The summed E-state index contributed by atoms with van der Waals surface area (Å²) in [4.78, 5) is 10.9. The molecule has 100 valence electrons. The third-order valence-electron chi connectivity index (χ3n) is 2.29. The Kier molecular flexibility index (Phi) is 3.81. The molecule has 0 aliphatic carbocycles. The lowest BCUT2D eigenvalue weighted by Crippen LogP contribution is -2.04. The first-order valence-corrected chi connectivity index (χ1v) is 6.72. The molecule has 19 heavy (non-hydrogen) atoms. The summed E-state index contributed by atoms with van der Waals surface area (Å²) in [5.74, 6) is -1.14. The summed E-state index contributed by atoms with van der Waals surface area (Å²) in [6.45, 7) is 0. The van der Waals surface area contributed by atoms with Gasteiger partial charge >= 0.3 is 12.1 Å². The van der Waals surface area contributed by atoms with E-state index in [0.717, 1.165) is 23.7 Å². The first-order valence-electron chi connectivity index (χ1n) is 4.87. The zero-order valence-electron chi connectivity index (χ0n) is 9.03. The molecule has 3 nitrogen and oxygen atoms in total. The molecule has 0 unspecified atom stereocenters. The second-order valence-corrected chi connectivity index (χ2v) is 5.41. The van der Waals surface area contributed by atoms with Gasteiger partial charge in [-0.1, -0.05) is 12.1 Å². The fraction of sp³-hybridized carbons (Fsp3) is 0.0909. The van der Waals surface area contributed by atoms with Gasteiger partial charge in [0, 0.05) is 5.56 Å². The van der Waals surface area contributed by atoms with Crippen molar-refractivity contribution in [2.24, 2.45) is 0 Å². The number of benzene rings is 1. The number of aromatic carboxylic acids is 1. The monoisotopic (exact) mass is 399 g/mol. The lowest BCUT2D eigenvalue weighted by Gasteiger charge is -2.07. The Morgan fingerprint density at radius 1 is 1.37 bits per heavy atom. The van der Waals surface area contributed by atoms with Crippen LogP contribution < -0.4 is 0 Å². The van der Waals surface area contributed by atoms with Crippen LogP contribution in [0.2, 0.25) is 0 Å². The highest BCUT2D eigenvalue weighted by molar-refractivity contribution is 14.1. The van der Waals surface area contributed by atoms with E-state index in [-0.39, 0.29) is 16.1 Å². The molecule has 1 aromatic carbocycles. The van der Waals surface area contributed by atoms with E-state index in [4.69, 9.17) is 5.11 Å². The molecule has 0 spiro atoms. The molecule has 1 heterocycles. The molecule has 0 radical (unpaired) electrons. The van der Waals surface area contributed by atoms with Crippen molar-refractivity contribution in [3.8, 4) is 11.3 Å². The van der Waals surface area contributed by atoms with Crippen LogP contribution >= 0.6 is 34.1 Å². The molecule has 0 fully saturated rings. The van der Waals surface area contributed by atoms with Gasteiger partial charge in [0.05, 0.1) is 14.8 Å². The number of hydrogen-bond donors (Lipinski definition) is 1. The molecule has 1 N–H and O–H groups in total. The summed E-state index contributed by atoms with van der Waals surface area (Å²) >= 11 is 2.53. The summed E-state index contributed by atoms with van der Waals surface area (Å²) in [5, 5.41) is 8.90. The minimum Gasteiger partial charge on any atom is -0.477 e. The number of aromatic nitrogens is 1. The highest BCUT2D eigenvalue weighted by Gasteiger charge is 2.31. The van der Waals surface area contributed by atoms with Gasteiger partial charge < -0.3 is 5.11 Å². The summed E-state index contributed by atoms with van der Waals surface area (Å²) in [5.41, 5.74) is -0.275. The van der Waals surface area contributed by atoms with Crippen LogP contribution in [0.4, 0.5) is 13.2 Å². The Morgan fingerprint density at radius 3 is 2.58 bits per heavy atom. The Labute approximate surface area is 123 Å². The van der Waals surface area contributed by atoms with E-state index >= 15 is 0 Å². The molecular weight excluding hydrogens is 394 g/mol. The fourth-order valence-corrected chi connectivity index (χ4v) is 3.19. The maximum atomic E-state index is 12.6. The first-order chi connectivity index (χ1) is 8.80. The van der Waals surface area contributed by atoms with Crippen LogP contribution in [0.25, 0.3) is 11.3 Å². The van der Waals surface area contributed by atoms with E-state index in [1.807, 2.05) is 0 Å². The summed E-state index contributed by atoms with van der Waals surface area (Å²) < 4.78 is 42.1. The molecule has 1 aromatic heterocycles. The Balaban J connectivity index is 2.51. The number of alkyl halides is 3. The lowest BCUT2D eigenvalue weighted by molar-refractivity contribution is -0.137. The van der Waals surface area contributed by atoms with Crippen LogP contribution in [0, 0.1) is 3.57 Å². The molecule has 0 bridgehead atoms. The minimum atomic E-state index is -4.44. The summed E-state index contributed by atoms with van der Waals surface area (Å²) in [7, 11) is 0. The van der Waals surface area contributed by atoms with Crippen molar-refractivity contribution in [3.63, 3.8) is 0 Å². The van der Waals surface area contributed by atoms with Crippen LogP contribution in [0.3, 0.4) is 0 Å². The molecule has 0 aliphatic heterocycles. The minimum absolute atomic E-state index is 0.0213. The molecule has 2 aromatic rings. The van der Waals surface area contributed by atoms with Gasteiger partial charge in [-0.15, -0.1) is 0 Å². The smallest absolute Gasteiger partial charge is 0.416 e. The molecular formula is C11H5F3INO2S. The Hall–Kier alpha value is -1.16. The molecule has 0 saturated carbocycles. The summed E-state index contributed by atoms with van der Waals surface area (Å²) in [6.07, 6.45) is -4.44. The van der Waals surface area contributed by atoms with E-state index in [2.05, 4.69) is 4.37 Å². The van der Waals surface area contributed by atoms with Crippen molar-refractivity contribution in [2.75, 3.05) is 0 Å². The van der Waals surface area contributed by atoms with Gasteiger partial charge in [-0.25, -0.2) is 4.79 Å². The van der Waals surface area contributed by atoms with Crippen LogP contribution in [0.1, 0.15) is 15.2 Å². The number of halogens is 4. The van der Waals surface area contributed by atoms with E-state index in [0.29, 0.717) is 3.57 Å². The molecule has 0 atom stereocenters. The normalized spacial score (nSPS) is 11.6. The van der Waals surface area contributed by atoms with Gasteiger partial charge in [-0.2, -0.15) is 17.5 Å². The van der Waals surface area contributed by atoms with Gasteiger partial charge in [0.15, 0.2) is 0 Å². The number of nitrogens with zero attached hydrogens (tertiary/aromatic N) is 1. The molecule has 0 aliphatic rings. The lowest BCUT2D eigenvalue weighted by atomic mass is 10.1. The van der Waals surface area contributed by atoms with Crippen LogP contribution in [-0.4, -0.2) is 15.4 Å². The van der Waals surface area contributed by atoms with Crippen molar-refractivity contribution in [3.05, 3.63) is 38.3 Å². The van der Waals surface area contributed by atoms with E-state index in [1.54, 1.807) is 22.6 Å². The zero-order valence-corrected chi connectivity index (χ0v) is 12.0. The Morgan fingerprint density at radius 2 is 2.05 bits per heavy atom. The standard InChI is InChI=1S/C11H5F3INO2S/c12-11(13,14)6-3-1-2-5(4-6)8-7(15)9(10(17)18)19-16-8/h1-4H,(H,17,18). The van der Waals surface area contributed by atoms with Crippen molar-refractivity contribution < 1.29 is 23.1 Å². The number of carbonyl (C=O) groups is 1. The predicted molar refractivity (Wildman–Crippen MR) is 72.2 cm³/mol. The highest BCUT2D eigenvalue weighted by atomic mass is 127. The largest absolute Gasteiger partial charge is 0.477 e. The highest BCUT2D eigenvalue weighted by Crippen LogP contribution is 2.34. The van der Waals surface area contributed by atoms with Gasteiger partial charge in [-0.05, 0) is 46.3 Å². The summed E-state index contributed by atoms with van der Waals surface area (Å²) in [6, 6.07) is 4.66. The van der Waals surface area contributed by atoms with Gasteiger partial charge in [0.2, 0.25) is 0 Å². The van der Waals surface area contributed by atoms with Crippen LogP contribution in [-0.2, 0) is 6.18 Å². The second kappa shape index (κ2) is 5.08. The number of carboxylic acids is 1. The third-order valence-corrected chi connectivity index (χ3v) is 4.54. The molecule has 8 heteroatoms. The number of carboxylic acid groups (broad SMARTS) is 1. The van der Waals surface area contributed by atoms with Crippen molar-refractivity contribution in [1.82, 2.24) is 4.37 Å². The van der Waals surface area contributed by atoms with Crippen molar-refractivity contribution >= 4 is 40.1 Å². The first kappa shape index (κ1) is 14.3. The van der Waals surface area contributed by atoms with Crippen LogP contribution in [0.5, 0.6) is 0 Å². The zero-order chi connectivity index (χ0) is 14.2. The molecule has 0 saturated heterocycles. The topological polar surface area (TPSA) is 50.2 Å². The van der Waals surface area contributed by atoms with Gasteiger partial charge in [0.1, 0.15) is 4.88 Å². The average Bonchev–Trinajstić information content (AvgIpc) is 2.70. The SMILES string of the molecule is O=C(O)c1snc(-c2cccc(C(F)(F)F)c2)c1I. The van der Waals surface area contributed by atoms with E-state index in [9.17, 15) is 18.0 Å². The third kappa shape index (κ3) is 2.89. The van der Waals surface area contributed by atoms with Crippen molar-refractivity contribution in [1.29, 1.82) is 0 Å². The average molecular weight is 399 g/mol. The second-order valence-electron chi connectivity index (χ2n) is 3.56. The molecule has 2 rings (SSSR count). The Bertz CT molecular complexity index is 639. The number of hydrogen-bond acceptors (Lipinski definition) is 3.